The topological polar surface area (TPSA) is 32.3 Å². The fourth-order valence-electron chi connectivity index (χ4n) is 3.64. The zero-order valence-electron chi connectivity index (χ0n) is 13.7. The molecule has 1 aliphatic heterocycles. The summed E-state index contributed by atoms with van der Waals surface area (Å²) in [6.45, 7) is 5.87. The highest BCUT2D eigenvalue weighted by molar-refractivity contribution is 5.76. The monoisotopic (exact) mass is 300 g/mol. The molecular weight excluding hydrogens is 272 g/mol. The highest BCUT2D eigenvalue weighted by Crippen LogP contribution is 2.27. The van der Waals surface area contributed by atoms with Crippen molar-refractivity contribution in [2.75, 3.05) is 26.2 Å². The standard InChI is InChI=1S/C19H28N2O/c1-15(6-9-19(22)21-12-10-20-11-13-21)17-8-7-16-4-2-3-5-18(16)14-17/h7-8,14-15,20H,2-6,9-13H2,1H3. The highest BCUT2D eigenvalue weighted by Gasteiger charge is 2.18. The normalized spacial score (nSPS) is 19.6. The Bertz CT molecular complexity index is 520. The number of carbonyl (C=O) groups is 1. The van der Waals surface area contributed by atoms with Crippen LogP contribution in [0.1, 0.15) is 55.2 Å². The lowest BCUT2D eigenvalue weighted by Gasteiger charge is -2.28. The van der Waals surface area contributed by atoms with E-state index < -0.39 is 0 Å². The Hall–Kier alpha value is -1.35. The largest absolute Gasteiger partial charge is 0.340 e. The number of benzene rings is 1. The van der Waals surface area contributed by atoms with Gasteiger partial charge in [-0.2, -0.15) is 0 Å². The number of hydrogen-bond acceptors (Lipinski definition) is 2. The van der Waals surface area contributed by atoms with Crippen molar-refractivity contribution < 1.29 is 4.79 Å². The third-order valence-electron chi connectivity index (χ3n) is 5.20. The summed E-state index contributed by atoms with van der Waals surface area (Å²) in [7, 11) is 0. The van der Waals surface area contributed by atoms with E-state index in [1.165, 1.54) is 31.2 Å². The lowest BCUT2D eigenvalue weighted by molar-refractivity contribution is -0.131. The molecule has 120 valence electrons. The van der Waals surface area contributed by atoms with E-state index in [0.717, 1.165) is 32.6 Å². The number of carbonyl (C=O) groups excluding carboxylic acids is 1. The number of piperazine rings is 1. The fourth-order valence-corrected chi connectivity index (χ4v) is 3.64. The summed E-state index contributed by atoms with van der Waals surface area (Å²) in [6, 6.07) is 7.00. The van der Waals surface area contributed by atoms with Crippen molar-refractivity contribution in [2.24, 2.45) is 0 Å². The van der Waals surface area contributed by atoms with Crippen LogP contribution in [0.5, 0.6) is 0 Å². The van der Waals surface area contributed by atoms with Crippen molar-refractivity contribution in [3.05, 3.63) is 34.9 Å². The van der Waals surface area contributed by atoms with E-state index in [-0.39, 0.29) is 0 Å². The minimum absolute atomic E-state index is 0.325. The zero-order chi connectivity index (χ0) is 15.4. The summed E-state index contributed by atoms with van der Waals surface area (Å²) in [5.41, 5.74) is 4.50. The van der Waals surface area contributed by atoms with Crippen LogP contribution in [0.3, 0.4) is 0 Å². The third kappa shape index (κ3) is 3.70. The number of nitrogens with one attached hydrogen (secondary N) is 1. The van der Waals surface area contributed by atoms with Gasteiger partial charge in [0.25, 0.3) is 0 Å². The molecule has 2 aliphatic rings. The smallest absolute Gasteiger partial charge is 0.222 e. The van der Waals surface area contributed by atoms with Gasteiger partial charge in [-0.05, 0) is 54.7 Å². The molecule has 1 amide bonds. The van der Waals surface area contributed by atoms with Gasteiger partial charge in [-0.1, -0.05) is 25.1 Å². The highest BCUT2D eigenvalue weighted by atomic mass is 16.2. The van der Waals surface area contributed by atoms with Gasteiger partial charge in [0.2, 0.25) is 5.91 Å². The number of rotatable bonds is 4. The van der Waals surface area contributed by atoms with Crippen molar-refractivity contribution >= 4 is 5.91 Å². The molecule has 1 atom stereocenters. The Morgan fingerprint density at radius 2 is 1.91 bits per heavy atom. The van der Waals surface area contributed by atoms with E-state index in [9.17, 15) is 4.79 Å². The van der Waals surface area contributed by atoms with Crippen molar-refractivity contribution in [2.45, 2.75) is 51.4 Å². The van der Waals surface area contributed by atoms with Crippen LogP contribution >= 0.6 is 0 Å². The molecule has 1 N–H and O–H groups in total. The Kier molecular flexibility index (Phi) is 5.14. The molecule has 3 nitrogen and oxygen atoms in total. The first-order valence-corrected chi connectivity index (χ1v) is 8.84. The maximum absolute atomic E-state index is 12.3. The molecule has 1 heterocycles. The Morgan fingerprint density at radius 1 is 1.18 bits per heavy atom. The van der Waals surface area contributed by atoms with Crippen molar-refractivity contribution in [1.29, 1.82) is 0 Å². The summed E-state index contributed by atoms with van der Waals surface area (Å²) < 4.78 is 0. The second-order valence-electron chi connectivity index (χ2n) is 6.81. The minimum Gasteiger partial charge on any atom is -0.340 e. The van der Waals surface area contributed by atoms with E-state index in [2.05, 4.69) is 30.4 Å². The van der Waals surface area contributed by atoms with Gasteiger partial charge in [0.1, 0.15) is 0 Å². The SMILES string of the molecule is CC(CCC(=O)N1CCNCC1)c1ccc2c(c1)CCCC2. The first-order chi connectivity index (χ1) is 10.7. The average Bonchev–Trinajstić information content (AvgIpc) is 2.59. The van der Waals surface area contributed by atoms with Crippen LogP contribution in [-0.4, -0.2) is 37.0 Å². The van der Waals surface area contributed by atoms with Gasteiger partial charge in [-0.15, -0.1) is 0 Å². The molecule has 1 aromatic rings. The predicted molar refractivity (Wildman–Crippen MR) is 90.2 cm³/mol. The Labute approximate surface area is 134 Å². The molecule has 3 heteroatoms. The predicted octanol–water partition coefficient (Wildman–Crippen LogP) is 2.88. The molecule has 0 spiro atoms. The molecule has 3 rings (SSSR count). The van der Waals surface area contributed by atoms with Crippen molar-refractivity contribution in [1.82, 2.24) is 10.2 Å². The number of amides is 1. The molecule has 1 aliphatic carbocycles. The lowest BCUT2D eigenvalue weighted by atomic mass is 9.87. The van der Waals surface area contributed by atoms with Crippen LogP contribution in [0.4, 0.5) is 0 Å². The van der Waals surface area contributed by atoms with Crippen LogP contribution in [0.25, 0.3) is 0 Å². The van der Waals surface area contributed by atoms with Gasteiger partial charge in [0.05, 0.1) is 0 Å². The third-order valence-corrected chi connectivity index (χ3v) is 5.20. The maximum Gasteiger partial charge on any atom is 0.222 e. The molecule has 1 unspecified atom stereocenters. The van der Waals surface area contributed by atoms with Crippen LogP contribution < -0.4 is 5.32 Å². The molecule has 0 bridgehead atoms. The summed E-state index contributed by atoms with van der Waals surface area (Å²) in [5, 5.41) is 3.30. The number of aryl methyl sites for hydroxylation is 2. The molecule has 22 heavy (non-hydrogen) atoms. The molecule has 0 aromatic heterocycles. The zero-order valence-corrected chi connectivity index (χ0v) is 13.7. The van der Waals surface area contributed by atoms with Gasteiger partial charge >= 0.3 is 0 Å². The average molecular weight is 300 g/mol. The molecule has 0 saturated carbocycles. The van der Waals surface area contributed by atoms with Crippen LogP contribution in [0.15, 0.2) is 18.2 Å². The first kappa shape index (κ1) is 15.5. The summed E-state index contributed by atoms with van der Waals surface area (Å²) in [5.74, 6) is 0.797. The van der Waals surface area contributed by atoms with E-state index in [1.807, 2.05) is 4.90 Å². The first-order valence-electron chi connectivity index (χ1n) is 8.84. The van der Waals surface area contributed by atoms with Crippen molar-refractivity contribution in [3.63, 3.8) is 0 Å². The second-order valence-corrected chi connectivity index (χ2v) is 6.81. The van der Waals surface area contributed by atoms with E-state index in [1.54, 1.807) is 11.1 Å². The Balaban J connectivity index is 1.55. The van der Waals surface area contributed by atoms with Gasteiger partial charge in [0.15, 0.2) is 0 Å². The Morgan fingerprint density at radius 3 is 2.68 bits per heavy atom. The van der Waals surface area contributed by atoms with E-state index in [0.29, 0.717) is 18.2 Å². The van der Waals surface area contributed by atoms with Gasteiger partial charge in [0, 0.05) is 32.6 Å². The molecule has 0 radical (unpaired) electrons. The summed E-state index contributed by atoms with van der Waals surface area (Å²) >= 11 is 0. The van der Waals surface area contributed by atoms with Crippen LogP contribution in [-0.2, 0) is 17.6 Å². The van der Waals surface area contributed by atoms with Gasteiger partial charge < -0.3 is 10.2 Å². The van der Waals surface area contributed by atoms with Crippen molar-refractivity contribution in [3.8, 4) is 0 Å². The fraction of sp³-hybridized carbons (Fsp3) is 0.632. The second kappa shape index (κ2) is 7.28. The summed E-state index contributed by atoms with van der Waals surface area (Å²) in [6.07, 6.45) is 6.77. The summed E-state index contributed by atoms with van der Waals surface area (Å²) in [4.78, 5) is 14.3. The molecular formula is C19H28N2O. The van der Waals surface area contributed by atoms with Crippen LogP contribution in [0, 0.1) is 0 Å². The maximum atomic E-state index is 12.3. The molecule has 1 fully saturated rings. The van der Waals surface area contributed by atoms with E-state index >= 15 is 0 Å². The van der Waals surface area contributed by atoms with Gasteiger partial charge in [-0.25, -0.2) is 0 Å². The quantitative estimate of drug-likeness (QED) is 0.927. The number of hydrogen-bond donors (Lipinski definition) is 1. The van der Waals surface area contributed by atoms with E-state index in [4.69, 9.17) is 0 Å². The molecule has 1 aromatic carbocycles. The van der Waals surface area contributed by atoms with Gasteiger partial charge in [-0.3, -0.25) is 4.79 Å². The number of fused-ring (bicyclic) bond motifs is 1. The van der Waals surface area contributed by atoms with Crippen LogP contribution in [0.2, 0.25) is 0 Å². The molecule has 1 saturated heterocycles. The lowest BCUT2D eigenvalue weighted by Crippen LogP contribution is -2.46. The minimum atomic E-state index is 0.325. The number of nitrogens with zero attached hydrogens (tertiary/aromatic N) is 1.